The van der Waals surface area contributed by atoms with Gasteiger partial charge >= 0.3 is 0 Å². The number of para-hydroxylation sites is 1. The van der Waals surface area contributed by atoms with Crippen molar-refractivity contribution in [2.75, 3.05) is 16.5 Å². The van der Waals surface area contributed by atoms with E-state index in [-0.39, 0.29) is 0 Å². The summed E-state index contributed by atoms with van der Waals surface area (Å²) in [6.07, 6.45) is 3.64. The SMILES string of the molecule is c1ccc(-c2cccc(-c3ccccc3)c2N2CN(c3cccc(Oc4ccc5c6cccnc6n(-c6ccccn6)c5c4)c3)c3ccc4ccccc4c32)cc1. The van der Waals surface area contributed by atoms with E-state index < -0.39 is 0 Å². The molecule has 4 heterocycles. The van der Waals surface area contributed by atoms with Gasteiger partial charge in [0.2, 0.25) is 0 Å². The van der Waals surface area contributed by atoms with Gasteiger partial charge in [0.1, 0.15) is 29.6 Å². The van der Waals surface area contributed by atoms with Gasteiger partial charge < -0.3 is 14.5 Å². The second-order valence-corrected chi connectivity index (χ2v) is 14.3. The molecular formula is C51H35N5O. The van der Waals surface area contributed by atoms with Gasteiger partial charge in [-0.1, -0.05) is 121 Å². The van der Waals surface area contributed by atoms with E-state index >= 15 is 0 Å². The van der Waals surface area contributed by atoms with Crippen molar-refractivity contribution in [2.45, 2.75) is 0 Å². The summed E-state index contributed by atoms with van der Waals surface area (Å²) in [6, 6.07) is 66.0. The van der Waals surface area contributed by atoms with Gasteiger partial charge in [-0.15, -0.1) is 0 Å². The Hall–Kier alpha value is -7.70. The summed E-state index contributed by atoms with van der Waals surface area (Å²) in [4.78, 5) is 14.3. The van der Waals surface area contributed by atoms with Crippen molar-refractivity contribution in [3.8, 4) is 39.6 Å². The number of pyridine rings is 2. The first kappa shape index (κ1) is 32.7. The highest BCUT2D eigenvalue weighted by atomic mass is 16.5. The van der Waals surface area contributed by atoms with Gasteiger partial charge in [-0.25, -0.2) is 9.97 Å². The fraction of sp³-hybridized carbons (Fsp3) is 0.0196. The molecule has 0 spiro atoms. The number of anilines is 4. The molecule has 0 bridgehead atoms. The molecule has 11 rings (SSSR count). The summed E-state index contributed by atoms with van der Waals surface area (Å²) in [7, 11) is 0. The molecule has 0 aliphatic carbocycles. The third-order valence-electron chi connectivity index (χ3n) is 10.9. The first-order valence-electron chi connectivity index (χ1n) is 19.2. The fourth-order valence-electron chi connectivity index (χ4n) is 8.43. The molecule has 6 nitrogen and oxygen atoms in total. The maximum atomic E-state index is 6.70. The van der Waals surface area contributed by atoms with E-state index in [1.54, 1.807) is 0 Å². The van der Waals surface area contributed by atoms with Crippen LogP contribution >= 0.6 is 0 Å². The summed E-state index contributed by atoms with van der Waals surface area (Å²) >= 11 is 0. The average Bonchev–Trinajstić information content (AvgIpc) is 3.83. The van der Waals surface area contributed by atoms with Gasteiger partial charge in [-0.05, 0) is 71.1 Å². The Morgan fingerprint density at radius 1 is 0.456 bits per heavy atom. The minimum atomic E-state index is 0.611. The molecule has 0 amide bonds. The van der Waals surface area contributed by atoms with Crippen molar-refractivity contribution in [2.24, 2.45) is 0 Å². The van der Waals surface area contributed by atoms with Crippen LogP contribution in [0.15, 0.2) is 200 Å². The first-order valence-corrected chi connectivity index (χ1v) is 19.2. The summed E-state index contributed by atoms with van der Waals surface area (Å²) in [5.74, 6) is 2.30. The molecule has 0 saturated carbocycles. The Morgan fingerprint density at radius 3 is 1.95 bits per heavy atom. The Kier molecular flexibility index (Phi) is 7.78. The number of hydrogen-bond acceptors (Lipinski definition) is 5. The van der Waals surface area contributed by atoms with Crippen LogP contribution in [-0.2, 0) is 0 Å². The average molecular weight is 734 g/mol. The molecule has 10 aromatic rings. The highest BCUT2D eigenvalue weighted by Gasteiger charge is 2.33. The monoisotopic (exact) mass is 733 g/mol. The van der Waals surface area contributed by atoms with Crippen LogP contribution in [0.2, 0.25) is 0 Å². The number of hydrogen-bond donors (Lipinski definition) is 0. The van der Waals surface area contributed by atoms with Crippen LogP contribution in [0, 0.1) is 0 Å². The maximum absolute atomic E-state index is 6.70. The summed E-state index contributed by atoms with van der Waals surface area (Å²) in [5, 5.41) is 4.57. The third kappa shape index (κ3) is 5.57. The molecule has 0 N–H and O–H groups in total. The predicted octanol–water partition coefficient (Wildman–Crippen LogP) is 13.1. The predicted molar refractivity (Wildman–Crippen MR) is 233 cm³/mol. The van der Waals surface area contributed by atoms with Gasteiger partial charge in [-0.2, -0.15) is 0 Å². The molecule has 1 aliphatic rings. The number of ether oxygens (including phenoxy) is 1. The number of nitrogens with zero attached hydrogens (tertiary/aromatic N) is 5. The smallest absolute Gasteiger partial charge is 0.146 e. The van der Waals surface area contributed by atoms with Gasteiger partial charge in [0.25, 0.3) is 0 Å². The highest BCUT2D eigenvalue weighted by molar-refractivity contribution is 6.10. The molecule has 7 aromatic carbocycles. The van der Waals surface area contributed by atoms with Crippen molar-refractivity contribution in [1.82, 2.24) is 14.5 Å². The number of benzene rings is 7. The molecule has 0 saturated heterocycles. The van der Waals surface area contributed by atoms with Crippen LogP contribution in [0.5, 0.6) is 11.5 Å². The summed E-state index contributed by atoms with van der Waals surface area (Å²) in [6.45, 7) is 0.611. The van der Waals surface area contributed by atoms with Crippen LogP contribution in [-0.4, -0.2) is 21.2 Å². The lowest BCUT2D eigenvalue weighted by Gasteiger charge is -2.27. The van der Waals surface area contributed by atoms with Crippen molar-refractivity contribution in [3.05, 3.63) is 200 Å². The zero-order chi connectivity index (χ0) is 37.7. The van der Waals surface area contributed by atoms with E-state index in [0.29, 0.717) is 6.67 Å². The van der Waals surface area contributed by atoms with Crippen LogP contribution in [0.25, 0.3) is 60.8 Å². The normalized spacial score (nSPS) is 12.4. The van der Waals surface area contributed by atoms with Gasteiger partial charge in [0.05, 0.1) is 22.6 Å². The fourth-order valence-corrected chi connectivity index (χ4v) is 8.43. The molecule has 270 valence electrons. The van der Waals surface area contributed by atoms with E-state index in [0.717, 1.165) is 50.6 Å². The molecule has 0 fully saturated rings. The second kappa shape index (κ2) is 13.6. The van der Waals surface area contributed by atoms with Crippen molar-refractivity contribution >= 4 is 55.5 Å². The van der Waals surface area contributed by atoms with Gasteiger partial charge in [-0.3, -0.25) is 4.57 Å². The Bertz CT molecular complexity index is 3030. The van der Waals surface area contributed by atoms with E-state index in [4.69, 9.17) is 9.72 Å². The molecule has 3 aromatic heterocycles. The lowest BCUT2D eigenvalue weighted by atomic mass is 9.94. The molecule has 0 atom stereocenters. The van der Waals surface area contributed by atoms with Crippen LogP contribution in [0.1, 0.15) is 0 Å². The standard InChI is InChI=1S/C51H35N5O/c1-3-14-35(15-4-1)41-22-12-23-42(36-16-5-2-6-17-36)49(41)55-34-54(46-29-26-37-18-7-8-21-43(37)50(46)55)38-19-11-20-39(32-38)57-40-27-28-44-45-24-13-31-53-51(45)56(47(44)33-40)48-25-9-10-30-52-48/h1-33H,34H2. The molecule has 0 unspecified atom stereocenters. The minimum Gasteiger partial charge on any atom is -0.457 e. The van der Waals surface area contributed by atoms with Gasteiger partial charge in [0, 0.05) is 57.5 Å². The highest BCUT2D eigenvalue weighted by Crippen LogP contribution is 2.53. The topological polar surface area (TPSA) is 46.4 Å². The maximum Gasteiger partial charge on any atom is 0.146 e. The quantitative estimate of drug-likeness (QED) is 0.163. The number of fused-ring (bicyclic) bond motifs is 6. The van der Waals surface area contributed by atoms with Crippen molar-refractivity contribution in [1.29, 1.82) is 0 Å². The largest absolute Gasteiger partial charge is 0.457 e. The molecule has 6 heteroatoms. The van der Waals surface area contributed by atoms with Crippen molar-refractivity contribution in [3.63, 3.8) is 0 Å². The van der Waals surface area contributed by atoms with Crippen LogP contribution in [0.4, 0.5) is 22.7 Å². The second-order valence-electron chi connectivity index (χ2n) is 14.3. The lowest BCUT2D eigenvalue weighted by Crippen LogP contribution is -2.25. The number of rotatable bonds is 7. The van der Waals surface area contributed by atoms with Crippen LogP contribution in [0.3, 0.4) is 0 Å². The summed E-state index contributed by atoms with van der Waals surface area (Å²) < 4.78 is 8.80. The molecule has 57 heavy (non-hydrogen) atoms. The molecular weight excluding hydrogens is 699 g/mol. The van der Waals surface area contributed by atoms with Crippen LogP contribution < -0.4 is 14.5 Å². The Labute approximate surface area is 330 Å². The molecule has 1 aliphatic heterocycles. The van der Waals surface area contributed by atoms with E-state index in [9.17, 15) is 0 Å². The summed E-state index contributed by atoms with van der Waals surface area (Å²) in [5.41, 5.74) is 11.1. The molecule has 0 radical (unpaired) electrons. The zero-order valence-electron chi connectivity index (χ0n) is 30.9. The first-order chi connectivity index (χ1) is 28.3. The zero-order valence-corrected chi connectivity index (χ0v) is 30.9. The minimum absolute atomic E-state index is 0.611. The van der Waals surface area contributed by atoms with Gasteiger partial charge in [0.15, 0.2) is 0 Å². The Balaban J connectivity index is 1.03. The van der Waals surface area contributed by atoms with Crippen molar-refractivity contribution < 1.29 is 4.74 Å². The Morgan fingerprint density at radius 2 is 1.16 bits per heavy atom. The van der Waals surface area contributed by atoms with E-state index in [1.807, 2.05) is 48.8 Å². The van der Waals surface area contributed by atoms with E-state index in [1.165, 1.54) is 44.4 Å². The number of aromatic nitrogens is 3. The van der Waals surface area contributed by atoms with E-state index in [2.05, 4.69) is 171 Å². The third-order valence-corrected chi connectivity index (χ3v) is 10.9. The lowest BCUT2D eigenvalue weighted by molar-refractivity contribution is 0.483.